The zero-order chi connectivity index (χ0) is 18.0. The number of aryl methyl sites for hydroxylation is 1. The Morgan fingerprint density at radius 1 is 1.36 bits per heavy atom. The maximum Gasteiger partial charge on any atom is 0.196 e. The van der Waals surface area contributed by atoms with Crippen molar-refractivity contribution < 1.29 is 8.60 Å². The minimum absolute atomic E-state index is 0.126. The van der Waals surface area contributed by atoms with Crippen LogP contribution < -0.4 is 4.72 Å². The molecule has 0 bridgehead atoms. The van der Waals surface area contributed by atoms with E-state index in [0.29, 0.717) is 29.6 Å². The Hall–Kier alpha value is -2.24. The van der Waals surface area contributed by atoms with Crippen molar-refractivity contribution in [2.24, 2.45) is 0 Å². The molecule has 25 heavy (non-hydrogen) atoms. The summed E-state index contributed by atoms with van der Waals surface area (Å²) in [5, 5.41) is 16.8. The Labute approximate surface area is 150 Å². The fourth-order valence-corrected chi connectivity index (χ4v) is 3.84. The van der Waals surface area contributed by atoms with Crippen molar-refractivity contribution >= 4 is 40.1 Å². The van der Waals surface area contributed by atoms with E-state index < -0.39 is 11.2 Å². The summed E-state index contributed by atoms with van der Waals surface area (Å²) >= 11 is -0.433. The summed E-state index contributed by atoms with van der Waals surface area (Å²) in [5.41, 5.74) is 0.533. The van der Waals surface area contributed by atoms with E-state index in [0.717, 1.165) is 11.5 Å². The summed E-state index contributed by atoms with van der Waals surface area (Å²) in [6, 6.07) is 5.57. The highest BCUT2D eigenvalue weighted by Gasteiger charge is 2.29. The quantitative estimate of drug-likeness (QED) is 0.552. The number of halogens is 1. The molecule has 8 nitrogen and oxygen atoms in total. The van der Waals surface area contributed by atoms with Gasteiger partial charge in [-0.05, 0) is 42.7 Å². The summed E-state index contributed by atoms with van der Waals surface area (Å²) in [4.78, 5) is 5.70. The zero-order valence-electron chi connectivity index (χ0n) is 13.3. The molecular weight excluding hydrogens is 365 g/mol. The van der Waals surface area contributed by atoms with E-state index >= 15 is 0 Å². The summed E-state index contributed by atoms with van der Waals surface area (Å²) < 4.78 is 33.7. The molecule has 2 aromatic rings. The van der Waals surface area contributed by atoms with Crippen molar-refractivity contribution in [1.82, 2.24) is 18.6 Å². The van der Waals surface area contributed by atoms with Crippen molar-refractivity contribution in [3.05, 3.63) is 40.9 Å². The lowest BCUT2D eigenvalue weighted by Gasteiger charge is -2.34. The Morgan fingerprint density at radius 2 is 2.08 bits per heavy atom. The van der Waals surface area contributed by atoms with Gasteiger partial charge in [-0.3, -0.25) is 15.5 Å². The maximum atomic E-state index is 12.9. The summed E-state index contributed by atoms with van der Waals surface area (Å²) in [6.45, 7) is 2.64. The first-order valence-electron chi connectivity index (χ1n) is 7.37. The molecule has 0 aliphatic carbocycles. The molecule has 0 spiro atoms. The molecule has 1 aromatic heterocycles. The molecule has 1 unspecified atom stereocenters. The second-order valence-corrected chi connectivity index (χ2v) is 7.29. The van der Waals surface area contributed by atoms with Crippen molar-refractivity contribution in [2.45, 2.75) is 6.92 Å². The monoisotopic (exact) mass is 381 g/mol. The highest BCUT2D eigenvalue weighted by atomic mass is 32.2. The zero-order valence-corrected chi connectivity index (χ0v) is 15.0. The third-order valence-corrected chi connectivity index (χ3v) is 5.51. The second-order valence-electron chi connectivity index (χ2n) is 5.32. The van der Waals surface area contributed by atoms with E-state index in [1.54, 1.807) is 11.2 Å². The molecule has 3 rings (SSSR count). The van der Waals surface area contributed by atoms with Gasteiger partial charge in [0.05, 0.1) is 6.54 Å². The molecule has 1 atom stereocenters. The van der Waals surface area contributed by atoms with Gasteiger partial charge in [0.1, 0.15) is 17.5 Å². The van der Waals surface area contributed by atoms with Gasteiger partial charge in [0, 0.05) is 18.8 Å². The lowest BCUT2D eigenvalue weighted by Crippen LogP contribution is -2.53. The molecule has 1 aliphatic rings. The molecule has 0 amide bonds. The van der Waals surface area contributed by atoms with Gasteiger partial charge >= 0.3 is 0 Å². The third kappa shape index (κ3) is 4.06. The topological polar surface area (TPSA) is 109 Å². The number of rotatable bonds is 4. The summed E-state index contributed by atoms with van der Waals surface area (Å²) in [5.74, 6) is 0.530. The van der Waals surface area contributed by atoms with Gasteiger partial charge in [0.15, 0.2) is 22.0 Å². The fourth-order valence-electron chi connectivity index (χ4n) is 2.26. The molecule has 0 radical (unpaired) electrons. The van der Waals surface area contributed by atoms with E-state index in [-0.39, 0.29) is 24.0 Å². The van der Waals surface area contributed by atoms with Crippen LogP contribution in [-0.4, -0.2) is 54.1 Å². The van der Waals surface area contributed by atoms with Crippen LogP contribution in [-0.2, 0) is 11.2 Å². The summed E-state index contributed by atoms with van der Waals surface area (Å²) in [7, 11) is 0. The van der Waals surface area contributed by atoms with E-state index in [1.807, 2.05) is 0 Å². The van der Waals surface area contributed by atoms with Gasteiger partial charge in [0.2, 0.25) is 0 Å². The highest BCUT2D eigenvalue weighted by Crippen LogP contribution is 2.15. The normalized spacial score (nSPS) is 16.7. The van der Waals surface area contributed by atoms with Gasteiger partial charge in [-0.25, -0.2) is 13.6 Å². The van der Waals surface area contributed by atoms with Crippen LogP contribution in [0.4, 0.5) is 10.1 Å². The number of nitrogens with one attached hydrogen (secondary N) is 3. The molecule has 2 heterocycles. The number of aromatic nitrogens is 2. The number of benzene rings is 1. The smallest absolute Gasteiger partial charge is 0.196 e. The number of anilines is 1. The van der Waals surface area contributed by atoms with Crippen LogP contribution in [0.15, 0.2) is 24.3 Å². The first kappa shape index (κ1) is 17.6. The molecule has 1 aliphatic heterocycles. The lowest BCUT2D eigenvalue weighted by atomic mass is 10.3. The van der Waals surface area contributed by atoms with Crippen molar-refractivity contribution in [1.29, 1.82) is 10.8 Å². The van der Waals surface area contributed by atoms with Crippen LogP contribution in [0.25, 0.3) is 0 Å². The van der Waals surface area contributed by atoms with Crippen LogP contribution in [0.1, 0.15) is 10.8 Å². The fraction of sp³-hybridized carbons (Fsp3) is 0.286. The Bertz CT molecular complexity index is 823. The van der Waals surface area contributed by atoms with E-state index in [2.05, 4.69) is 14.1 Å². The molecule has 1 fully saturated rings. The largest absolute Gasteiger partial charge is 0.310 e. The standard InChI is InChI=1S/C14H16FN7OS2/c1-9-18-14(24-19-9)13(17)22-7-6-21(8-12(22)16)25(23)20-11-4-2-10(15)3-5-11/h2-5,16-17,20H,6-8H2,1H3. The van der Waals surface area contributed by atoms with E-state index in [9.17, 15) is 8.60 Å². The molecule has 3 N–H and O–H groups in total. The molecule has 1 saturated heterocycles. The number of amidine groups is 2. The number of hydrogen-bond donors (Lipinski definition) is 3. The molecule has 11 heteroatoms. The van der Waals surface area contributed by atoms with Gasteiger partial charge in [-0.1, -0.05) is 0 Å². The minimum Gasteiger partial charge on any atom is -0.310 e. The Morgan fingerprint density at radius 3 is 2.68 bits per heavy atom. The van der Waals surface area contributed by atoms with Crippen LogP contribution in [0.5, 0.6) is 0 Å². The van der Waals surface area contributed by atoms with Crippen LogP contribution >= 0.6 is 11.5 Å². The number of piperazine rings is 1. The first-order valence-corrected chi connectivity index (χ1v) is 9.25. The van der Waals surface area contributed by atoms with Gasteiger partial charge < -0.3 is 4.90 Å². The number of hydrogen-bond acceptors (Lipinski definition) is 6. The predicted molar refractivity (Wildman–Crippen MR) is 95.6 cm³/mol. The third-order valence-electron chi connectivity index (χ3n) is 3.51. The second kappa shape index (κ2) is 7.33. The first-order chi connectivity index (χ1) is 11.9. The lowest BCUT2D eigenvalue weighted by molar-refractivity contribution is 0.395. The van der Waals surface area contributed by atoms with Crippen LogP contribution in [0, 0.1) is 23.6 Å². The van der Waals surface area contributed by atoms with Gasteiger partial charge in [0.25, 0.3) is 0 Å². The van der Waals surface area contributed by atoms with Crippen molar-refractivity contribution in [2.75, 3.05) is 24.4 Å². The molecule has 0 saturated carbocycles. The number of nitrogens with zero attached hydrogens (tertiary/aromatic N) is 4. The summed E-state index contributed by atoms with van der Waals surface area (Å²) in [6.07, 6.45) is 0. The van der Waals surface area contributed by atoms with Gasteiger partial charge in [-0.15, -0.1) is 0 Å². The highest BCUT2D eigenvalue weighted by molar-refractivity contribution is 7.84. The van der Waals surface area contributed by atoms with E-state index in [4.69, 9.17) is 10.8 Å². The SMILES string of the molecule is Cc1nsc(C(=N)N2CCN(S(=O)Nc3ccc(F)cc3)CC2=N)n1. The Kier molecular flexibility index (Phi) is 5.16. The van der Waals surface area contributed by atoms with Crippen molar-refractivity contribution in [3.8, 4) is 0 Å². The average molecular weight is 381 g/mol. The Balaban J connectivity index is 1.61. The van der Waals surface area contributed by atoms with E-state index in [1.165, 1.54) is 29.2 Å². The predicted octanol–water partition coefficient (Wildman–Crippen LogP) is 1.60. The molecule has 1 aromatic carbocycles. The maximum absolute atomic E-state index is 12.9. The van der Waals surface area contributed by atoms with Crippen LogP contribution in [0.3, 0.4) is 0 Å². The molecule has 132 valence electrons. The van der Waals surface area contributed by atoms with Crippen LogP contribution in [0.2, 0.25) is 0 Å². The molecular formula is C14H16FN7OS2. The average Bonchev–Trinajstić information content (AvgIpc) is 3.02. The van der Waals surface area contributed by atoms with Gasteiger partial charge in [-0.2, -0.15) is 8.68 Å². The minimum atomic E-state index is -1.56. The van der Waals surface area contributed by atoms with Crippen molar-refractivity contribution in [3.63, 3.8) is 0 Å².